The Kier molecular flexibility index (Phi) is 4.65. The van der Waals surface area contributed by atoms with Crippen LogP contribution in [0.1, 0.15) is 29.8 Å². The van der Waals surface area contributed by atoms with E-state index >= 15 is 0 Å². The number of hydrogen-bond acceptors (Lipinski definition) is 5. The first-order chi connectivity index (χ1) is 13.5. The molecule has 1 aliphatic rings. The van der Waals surface area contributed by atoms with Crippen LogP contribution in [0.4, 0.5) is 5.69 Å². The average Bonchev–Trinajstić information content (AvgIpc) is 3.34. The van der Waals surface area contributed by atoms with E-state index in [2.05, 4.69) is 10.1 Å². The van der Waals surface area contributed by atoms with Gasteiger partial charge < -0.3 is 9.64 Å². The van der Waals surface area contributed by atoms with Crippen molar-refractivity contribution in [1.82, 2.24) is 14.8 Å². The molecule has 2 unspecified atom stereocenters. The van der Waals surface area contributed by atoms with Gasteiger partial charge >= 0.3 is 5.97 Å². The largest absolute Gasteiger partial charge is 0.449 e. The molecule has 0 N–H and O–H groups in total. The third-order valence-electron chi connectivity index (χ3n) is 4.86. The molecule has 0 bridgehead atoms. The predicted molar refractivity (Wildman–Crippen MR) is 103 cm³/mol. The number of anilines is 1. The monoisotopic (exact) mass is 376 g/mol. The molecule has 0 radical (unpaired) electrons. The van der Waals surface area contributed by atoms with Gasteiger partial charge in [0.25, 0.3) is 5.91 Å². The van der Waals surface area contributed by atoms with E-state index in [0.717, 1.165) is 23.4 Å². The van der Waals surface area contributed by atoms with Crippen molar-refractivity contribution in [2.45, 2.75) is 32.4 Å². The molecule has 7 heteroatoms. The molecular weight excluding hydrogens is 356 g/mol. The molecule has 2 heterocycles. The zero-order valence-corrected chi connectivity index (χ0v) is 15.6. The minimum Gasteiger partial charge on any atom is -0.449 e. The number of rotatable bonds is 4. The number of benzene rings is 2. The first-order valence-corrected chi connectivity index (χ1v) is 9.11. The fraction of sp³-hybridized carbons (Fsp3) is 0.238. The van der Waals surface area contributed by atoms with Crippen LogP contribution in [0.25, 0.3) is 5.69 Å². The molecule has 0 spiro atoms. The van der Waals surface area contributed by atoms with Crippen LogP contribution >= 0.6 is 0 Å². The van der Waals surface area contributed by atoms with Gasteiger partial charge in [-0.05, 0) is 56.2 Å². The summed E-state index contributed by atoms with van der Waals surface area (Å²) in [5, 5.41) is 4.04. The van der Waals surface area contributed by atoms with E-state index in [-0.39, 0.29) is 11.9 Å². The summed E-state index contributed by atoms with van der Waals surface area (Å²) >= 11 is 0. The Morgan fingerprint density at radius 2 is 1.89 bits per heavy atom. The molecular formula is C21H20N4O3. The molecule has 1 amide bonds. The van der Waals surface area contributed by atoms with Gasteiger partial charge in [0, 0.05) is 11.7 Å². The van der Waals surface area contributed by atoms with Gasteiger partial charge in [0.15, 0.2) is 6.10 Å². The van der Waals surface area contributed by atoms with Gasteiger partial charge in [0.1, 0.15) is 12.7 Å². The lowest BCUT2D eigenvalue weighted by molar-refractivity contribution is -0.126. The number of hydrogen-bond donors (Lipinski definition) is 0. The van der Waals surface area contributed by atoms with E-state index in [9.17, 15) is 9.59 Å². The number of fused-ring (bicyclic) bond motifs is 1. The number of aromatic nitrogens is 3. The second-order valence-corrected chi connectivity index (χ2v) is 6.82. The molecule has 7 nitrogen and oxygen atoms in total. The van der Waals surface area contributed by atoms with Crippen molar-refractivity contribution in [2.24, 2.45) is 0 Å². The average molecular weight is 376 g/mol. The lowest BCUT2D eigenvalue weighted by Crippen LogP contribution is -2.43. The van der Waals surface area contributed by atoms with Crippen LogP contribution in [-0.2, 0) is 16.0 Å². The molecule has 0 aliphatic carbocycles. The van der Waals surface area contributed by atoms with Crippen molar-refractivity contribution >= 4 is 17.6 Å². The van der Waals surface area contributed by atoms with Crippen molar-refractivity contribution in [3.05, 3.63) is 72.3 Å². The highest BCUT2D eigenvalue weighted by Crippen LogP contribution is 2.32. The molecule has 0 saturated heterocycles. The molecule has 2 aromatic carbocycles. The van der Waals surface area contributed by atoms with Crippen molar-refractivity contribution in [1.29, 1.82) is 0 Å². The number of esters is 1. The maximum atomic E-state index is 12.9. The van der Waals surface area contributed by atoms with Crippen LogP contribution < -0.4 is 4.90 Å². The predicted octanol–water partition coefficient (Wildman–Crippen LogP) is 2.79. The number of amides is 1. The summed E-state index contributed by atoms with van der Waals surface area (Å²) in [6, 6.07) is 14.6. The summed E-state index contributed by atoms with van der Waals surface area (Å²) in [6.45, 7) is 3.60. The summed E-state index contributed by atoms with van der Waals surface area (Å²) in [6.07, 6.45) is 2.93. The quantitative estimate of drug-likeness (QED) is 0.655. The summed E-state index contributed by atoms with van der Waals surface area (Å²) in [7, 11) is 0. The van der Waals surface area contributed by atoms with Gasteiger partial charge in [-0.2, -0.15) is 5.10 Å². The summed E-state index contributed by atoms with van der Waals surface area (Å²) in [5.74, 6) is -0.754. The lowest BCUT2D eigenvalue weighted by atomic mass is 10.1. The van der Waals surface area contributed by atoms with Crippen LogP contribution in [0, 0.1) is 0 Å². The molecule has 2 atom stereocenters. The smallest absolute Gasteiger partial charge is 0.338 e. The summed E-state index contributed by atoms with van der Waals surface area (Å²) < 4.78 is 7.03. The van der Waals surface area contributed by atoms with Crippen LogP contribution in [-0.4, -0.2) is 38.8 Å². The van der Waals surface area contributed by atoms with Crippen molar-refractivity contribution in [3.63, 3.8) is 0 Å². The molecule has 4 rings (SSSR count). The van der Waals surface area contributed by atoms with Crippen molar-refractivity contribution in [2.75, 3.05) is 4.90 Å². The highest BCUT2D eigenvalue weighted by atomic mass is 16.5. The lowest BCUT2D eigenvalue weighted by Gasteiger charge is -2.26. The normalized spacial score (nSPS) is 16.5. The third kappa shape index (κ3) is 3.26. The van der Waals surface area contributed by atoms with Crippen LogP contribution in [0.5, 0.6) is 0 Å². The number of carbonyl (C=O) groups is 2. The maximum Gasteiger partial charge on any atom is 0.338 e. The molecule has 28 heavy (non-hydrogen) atoms. The van der Waals surface area contributed by atoms with E-state index in [1.54, 1.807) is 47.1 Å². The number of para-hydroxylation sites is 1. The topological polar surface area (TPSA) is 77.3 Å². The minimum absolute atomic E-state index is 0.0352. The zero-order chi connectivity index (χ0) is 19.7. The van der Waals surface area contributed by atoms with Crippen LogP contribution in [0.2, 0.25) is 0 Å². The minimum atomic E-state index is -0.879. The van der Waals surface area contributed by atoms with Gasteiger partial charge in [-0.15, -0.1) is 0 Å². The van der Waals surface area contributed by atoms with E-state index in [1.807, 2.05) is 31.2 Å². The second-order valence-electron chi connectivity index (χ2n) is 6.82. The van der Waals surface area contributed by atoms with Crippen LogP contribution in [0.15, 0.2) is 61.2 Å². The van der Waals surface area contributed by atoms with E-state index in [1.165, 1.54) is 6.33 Å². The SMILES string of the molecule is CC(OC(=O)c1ccc(-n2cncn2)cc1)C(=O)N1c2ccccc2CC1C. The Hall–Kier alpha value is -3.48. The molecule has 3 aromatic rings. The standard InChI is InChI=1S/C21H20N4O3/c1-14-11-17-5-3-4-6-19(17)25(14)20(26)15(2)28-21(27)16-7-9-18(10-8-16)24-13-22-12-23-24/h3-10,12-15H,11H2,1-2H3. The zero-order valence-electron chi connectivity index (χ0n) is 15.6. The molecule has 1 aromatic heterocycles. The maximum absolute atomic E-state index is 12.9. The van der Waals surface area contributed by atoms with Gasteiger partial charge in [-0.1, -0.05) is 18.2 Å². The van der Waals surface area contributed by atoms with Gasteiger partial charge in [-0.3, -0.25) is 4.79 Å². The highest BCUT2D eigenvalue weighted by Gasteiger charge is 2.34. The second kappa shape index (κ2) is 7.26. The van der Waals surface area contributed by atoms with Gasteiger partial charge in [0.05, 0.1) is 11.3 Å². The van der Waals surface area contributed by atoms with Crippen molar-refractivity contribution < 1.29 is 14.3 Å². The van der Waals surface area contributed by atoms with E-state index in [0.29, 0.717) is 5.56 Å². The summed E-state index contributed by atoms with van der Waals surface area (Å²) in [5.41, 5.74) is 3.17. The van der Waals surface area contributed by atoms with E-state index in [4.69, 9.17) is 4.74 Å². The third-order valence-corrected chi connectivity index (χ3v) is 4.86. The highest BCUT2D eigenvalue weighted by molar-refractivity contribution is 6.00. The Balaban J connectivity index is 1.45. The Labute approximate surface area is 162 Å². The molecule has 1 aliphatic heterocycles. The Morgan fingerprint density at radius 3 is 2.61 bits per heavy atom. The van der Waals surface area contributed by atoms with E-state index < -0.39 is 12.1 Å². The summed E-state index contributed by atoms with van der Waals surface area (Å²) in [4.78, 5) is 31.0. The van der Waals surface area contributed by atoms with Gasteiger partial charge in [-0.25, -0.2) is 14.5 Å². The number of ether oxygens (including phenoxy) is 1. The van der Waals surface area contributed by atoms with Crippen molar-refractivity contribution in [3.8, 4) is 5.69 Å². The fourth-order valence-electron chi connectivity index (χ4n) is 3.47. The van der Waals surface area contributed by atoms with Crippen LogP contribution in [0.3, 0.4) is 0 Å². The molecule has 0 fully saturated rings. The first kappa shape index (κ1) is 17.9. The number of carbonyl (C=O) groups excluding carboxylic acids is 2. The molecule has 0 saturated carbocycles. The Morgan fingerprint density at radius 1 is 1.14 bits per heavy atom. The Bertz CT molecular complexity index is 999. The molecule has 142 valence electrons. The number of nitrogens with zero attached hydrogens (tertiary/aromatic N) is 4. The fourth-order valence-corrected chi connectivity index (χ4v) is 3.47. The first-order valence-electron chi connectivity index (χ1n) is 9.11. The van der Waals surface area contributed by atoms with Gasteiger partial charge in [0.2, 0.25) is 0 Å².